The van der Waals surface area contributed by atoms with Crippen LogP contribution in [0, 0.1) is 5.82 Å². The first-order valence-corrected chi connectivity index (χ1v) is 7.66. The van der Waals surface area contributed by atoms with Gasteiger partial charge in [-0.2, -0.15) is 5.10 Å². The molecule has 0 bridgehead atoms. The first-order chi connectivity index (χ1) is 12.2. The van der Waals surface area contributed by atoms with E-state index in [-0.39, 0.29) is 18.0 Å². The van der Waals surface area contributed by atoms with E-state index in [9.17, 15) is 9.18 Å². The van der Waals surface area contributed by atoms with Gasteiger partial charge in [0.15, 0.2) is 5.65 Å². The van der Waals surface area contributed by atoms with Crippen molar-refractivity contribution >= 4 is 11.0 Å². The lowest BCUT2D eigenvalue weighted by atomic mass is 10.1. The van der Waals surface area contributed by atoms with Crippen LogP contribution in [0.1, 0.15) is 0 Å². The summed E-state index contributed by atoms with van der Waals surface area (Å²) in [6, 6.07) is 6.07. The third-order valence-electron chi connectivity index (χ3n) is 3.95. The van der Waals surface area contributed by atoms with E-state index in [4.69, 9.17) is 5.11 Å². The third kappa shape index (κ3) is 2.62. The predicted molar refractivity (Wildman–Crippen MR) is 90.0 cm³/mol. The molecule has 0 radical (unpaired) electrons. The van der Waals surface area contributed by atoms with E-state index < -0.39 is 0 Å². The first-order valence-electron chi connectivity index (χ1n) is 7.66. The first kappa shape index (κ1) is 15.3. The smallest absolute Gasteiger partial charge is 0.260 e. The van der Waals surface area contributed by atoms with Gasteiger partial charge in [-0.15, -0.1) is 0 Å². The number of nitrogens with one attached hydrogen (secondary N) is 1. The molecule has 25 heavy (non-hydrogen) atoms. The average molecular weight is 339 g/mol. The van der Waals surface area contributed by atoms with Gasteiger partial charge in [0, 0.05) is 29.2 Å². The van der Waals surface area contributed by atoms with E-state index in [2.05, 4.69) is 15.1 Å². The zero-order valence-electron chi connectivity index (χ0n) is 13.1. The van der Waals surface area contributed by atoms with Crippen LogP contribution >= 0.6 is 0 Å². The van der Waals surface area contributed by atoms with E-state index in [1.165, 1.54) is 18.5 Å². The normalized spacial score (nSPS) is 11.3. The lowest BCUT2D eigenvalue weighted by molar-refractivity contribution is 0.269. The Morgan fingerprint density at radius 1 is 1.28 bits per heavy atom. The number of aliphatic hydroxyl groups excluding tert-OH is 1. The maximum absolute atomic E-state index is 13.6. The number of benzene rings is 1. The molecule has 1 aromatic carbocycles. The molecule has 0 fully saturated rings. The Morgan fingerprint density at radius 3 is 2.96 bits per heavy atom. The Morgan fingerprint density at radius 2 is 2.16 bits per heavy atom. The molecule has 7 nitrogen and oxygen atoms in total. The second kappa shape index (κ2) is 5.99. The lowest BCUT2D eigenvalue weighted by Gasteiger charge is -2.03. The molecule has 4 aromatic rings. The van der Waals surface area contributed by atoms with Gasteiger partial charge in [-0.25, -0.2) is 9.37 Å². The van der Waals surface area contributed by atoms with E-state index in [0.717, 1.165) is 0 Å². The molecule has 0 spiro atoms. The fourth-order valence-corrected chi connectivity index (χ4v) is 2.84. The second-order valence-electron chi connectivity index (χ2n) is 5.54. The Labute approximate surface area is 141 Å². The molecule has 3 aromatic heterocycles. The maximum atomic E-state index is 13.6. The van der Waals surface area contributed by atoms with Crippen LogP contribution in [0.25, 0.3) is 27.8 Å². The lowest BCUT2D eigenvalue weighted by Crippen LogP contribution is -2.07. The van der Waals surface area contributed by atoms with Crippen molar-refractivity contribution in [2.45, 2.75) is 6.54 Å². The topological polar surface area (TPSA) is 88.7 Å². The monoisotopic (exact) mass is 339 g/mol. The van der Waals surface area contributed by atoms with E-state index in [1.807, 2.05) is 0 Å². The molecule has 8 heteroatoms. The average Bonchev–Trinajstić information content (AvgIpc) is 3.20. The second-order valence-corrected chi connectivity index (χ2v) is 5.54. The summed E-state index contributed by atoms with van der Waals surface area (Å²) in [7, 11) is 0. The number of aromatic nitrogens is 5. The molecule has 0 saturated carbocycles. The number of fused-ring (bicyclic) bond motifs is 1. The van der Waals surface area contributed by atoms with Crippen molar-refractivity contribution in [3.05, 3.63) is 65.4 Å². The van der Waals surface area contributed by atoms with Crippen LogP contribution in [0.3, 0.4) is 0 Å². The van der Waals surface area contributed by atoms with Crippen LogP contribution in [0.4, 0.5) is 4.39 Å². The number of rotatable bonds is 4. The predicted octanol–water partition coefficient (Wildman–Crippen LogP) is 1.71. The number of H-pyrrole nitrogens is 1. The molecule has 3 heterocycles. The summed E-state index contributed by atoms with van der Waals surface area (Å²) in [6.07, 6.45) is 6.42. The van der Waals surface area contributed by atoms with E-state index >= 15 is 0 Å². The van der Waals surface area contributed by atoms with Crippen molar-refractivity contribution in [1.29, 1.82) is 0 Å². The summed E-state index contributed by atoms with van der Waals surface area (Å²) in [5, 5.41) is 13.6. The van der Waals surface area contributed by atoms with Gasteiger partial charge < -0.3 is 14.7 Å². The van der Waals surface area contributed by atoms with Gasteiger partial charge in [0.2, 0.25) is 0 Å². The van der Waals surface area contributed by atoms with Gasteiger partial charge in [-0.1, -0.05) is 6.07 Å². The van der Waals surface area contributed by atoms with Gasteiger partial charge in [0.25, 0.3) is 5.56 Å². The van der Waals surface area contributed by atoms with E-state index in [0.29, 0.717) is 34.4 Å². The molecule has 2 N–H and O–H groups in total. The third-order valence-corrected chi connectivity index (χ3v) is 3.95. The molecule has 0 aliphatic rings. The highest BCUT2D eigenvalue weighted by Crippen LogP contribution is 2.29. The summed E-state index contributed by atoms with van der Waals surface area (Å²) in [4.78, 5) is 19.2. The number of aliphatic hydroxyl groups is 1. The Hall–Kier alpha value is -3.26. The molecule has 4 rings (SSSR count). The summed E-state index contributed by atoms with van der Waals surface area (Å²) in [6.45, 7) is 0.325. The number of halogens is 1. The fraction of sp³-hybridized carbons (Fsp3) is 0.118. The summed E-state index contributed by atoms with van der Waals surface area (Å²) in [5.74, 6) is -0.374. The van der Waals surface area contributed by atoms with Crippen LogP contribution in [0.15, 0.2) is 54.0 Å². The molecule has 0 aliphatic carbocycles. The van der Waals surface area contributed by atoms with Crippen molar-refractivity contribution in [1.82, 2.24) is 24.3 Å². The van der Waals surface area contributed by atoms with Crippen LogP contribution in [-0.2, 0) is 6.54 Å². The zero-order chi connectivity index (χ0) is 17.4. The largest absolute Gasteiger partial charge is 0.394 e. The van der Waals surface area contributed by atoms with E-state index in [1.54, 1.807) is 40.0 Å². The van der Waals surface area contributed by atoms with Gasteiger partial charge in [0.1, 0.15) is 5.82 Å². The van der Waals surface area contributed by atoms with Crippen LogP contribution in [0.5, 0.6) is 0 Å². The number of aromatic amines is 1. The SMILES string of the molecule is O=c1[nH]cnc2c1c(-c1cnn(CCO)c1)cn2-c1cccc(F)c1. The molecular formula is C17H14FN5O2. The quantitative estimate of drug-likeness (QED) is 0.592. The highest BCUT2D eigenvalue weighted by atomic mass is 19.1. The Balaban J connectivity index is 1.97. The van der Waals surface area contributed by atoms with Crippen molar-refractivity contribution in [2.24, 2.45) is 0 Å². The van der Waals surface area contributed by atoms with Crippen LogP contribution in [0.2, 0.25) is 0 Å². The minimum Gasteiger partial charge on any atom is -0.394 e. The van der Waals surface area contributed by atoms with Crippen LogP contribution in [-0.4, -0.2) is 36.0 Å². The van der Waals surface area contributed by atoms with Gasteiger partial charge in [-0.05, 0) is 18.2 Å². The van der Waals surface area contributed by atoms with Crippen LogP contribution < -0.4 is 5.56 Å². The molecule has 0 unspecified atom stereocenters. The zero-order valence-corrected chi connectivity index (χ0v) is 13.1. The molecule has 0 atom stereocenters. The highest BCUT2D eigenvalue weighted by Gasteiger charge is 2.17. The molecule has 126 valence electrons. The summed E-state index contributed by atoms with van der Waals surface area (Å²) < 4.78 is 16.9. The minimum atomic E-state index is -0.374. The van der Waals surface area contributed by atoms with Gasteiger partial charge in [-0.3, -0.25) is 9.48 Å². The van der Waals surface area contributed by atoms with Crippen molar-refractivity contribution in [2.75, 3.05) is 6.61 Å². The Kier molecular flexibility index (Phi) is 3.66. The standard InChI is InChI=1S/C17H14FN5O2/c18-12-2-1-3-13(6-12)23-9-14(11-7-21-22(8-11)4-5-24)15-16(23)19-10-20-17(15)25/h1-3,6-10,24H,4-5H2,(H,19,20,25). The molecule has 0 saturated heterocycles. The summed E-state index contributed by atoms with van der Waals surface area (Å²) in [5.41, 5.74) is 2.06. The Bertz CT molecular complexity index is 1110. The van der Waals surface area contributed by atoms with Crippen molar-refractivity contribution in [3.8, 4) is 16.8 Å². The highest BCUT2D eigenvalue weighted by molar-refractivity contribution is 5.94. The molecule has 0 amide bonds. The van der Waals surface area contributed by atoms with Crippen molar-refractivity contribution in [3.63, 3.8) is 0 Å². The molecule has 0 aliphatic heterocycles. The number of nitrogens with zero attached hydrogens (tertiary/aromatic N) is 4. The summed E-state index contributed by atoms with van der Waals surface area (Å²) >= 11 is 0. The van der Waals surface area contributed by atoms with Gasteiger partial charge >= 0.3 is 0 Å². The maximum Gasteiger partial charge on any atom is 0.260 e. The minimum absolute atomic E-state index is 0.0334. The van der Waals surface area contributed by atoms with Crippen molar-refractivity contribution < 1.29 is 9.50 Å². The fourth-order valence-electron chi connectivity index (χ4n) is 2.84. The van der Waals surface area contributed by atoms with Gasteiger partial charge in [0.05, 0.1) is 31.1 Å². The number of hydrogen-bond donors (Lipinski definition) is 2. The number of hydrogen-bond acceptors (Lipinski definition) is 4. The molecular weight excluding hydrogens is 325 g/mol.